The quantitative estimate of drug-likeness (QED) is 0.123. The van der Waals surface area contributed by atoms with E-state index in [1.54, 1.807) is 0 Å². The van der Waals surface area contributed by atoms with Gasteiger partial charge in [0.25, 0.3) is 5.56 Å². The molecule has 0 saturated heterocycles. The average Bonchev–Trinajstić information content (AvgIpc) is 2.77. The Hall–Kier alpha value is -3.70. The molecular formula is C19H21Cl2F3N6O7S. The first-order valence-corrected chi connectivity index (χ1v) is 12.1. The SMILES string of the molecule is Cc1cc(N)c(S(=O)(=O)c2ccc(Cl)c(Cl)c2)c(=O)n1CC(=O)NCCON=C(N)N.O=C(O)C(F)(F)F. The lowest BCUT2D eigenvalue weighted by atomic mass is 10.3. The normalized spacial score (nSPS) is 11.1. The zero-order valence-corrected chi connectivity index (χ0v) is 21.6. The van der Waals surface area contributed by atoms with E-state index < -0.39 is 44.9 Å². The fourth-order valence-corrected chi connectivity index (χ4v) is 4.39. The second-order valence-electron chi connectivity index (χ2n) is 7.04. The van der Waals surface area contributed by atoms with Gasteiger partial charge in [-0.2, -0.15) is 13.2 Å². The first-order chi connectivity index (χ1) is 17.4. The molecule has 0 aliphatic rings. The van der Waals surface area contributed by atoms with Gasteiger partial charge in [-0.3, -0.25) is 9.59 Å². The zero-order valence-electron chi connectivity index (χ0n) is 19.3. The molecule has 19 heteroatoms. The summed E-state index contributed by atoms with van der Waals surface area (Å²) in [6.07, 6.45) is -5.08. The van der Waals surface area contributed by atoms with E-state index in [4.69, 9.17) is 55.1 Å². The van der Waals surface area contributed by atoms with Gasteiger partial charge in [0.1, 0.15) is 13.2 Å². The molecule has 0 bridgehead atoms. The molecule has 0 atom stereocenters. The molecular weight excluding hydrogens is 584 g/mol. The maximum absolute atomic E-state index is 13.0. The number of hydrogen-bond donors (Lipinski definition) is 5. The van der Waals surface area contributed by atoms with E-state index in [0.717, 1.165) is 10.6 Å². The zero-order chi connectivity index (χ0) is 29.4. The number of aromatic nitrogens is 1. The number of halogens is 5. The van der Waals surface area contributed by atoms with E-state index in [-0.39, 0.29) is 39.7 Å². The molecule has 210 valence electrons. The number of carbonyl (C=O) groups is 2. The lowest BCUT2D eigenvalue weighted by molar-refractivity contribution is -0.192. The molecule has 2 rings (SSSR count). The minimum Gasteiger partial charge on any atom is -0.475 e. The summed E-state index contributed by atoms with van der Waals surface area (Å²) < 4.78 is 58.8. The van der Waals surface area contributed by atoms with Crippen LogP contribution in [0.4, 0.5) is 18.9 Å². The Morgan fingerprint density at radius 1 is 1.18 bits per heavy atom. The van der Waals surface area contributed by atoms with Gasteiger partial charge < -0.3 is 37.0 Å². The molecule has 0 aliphatic carbocycles. The van der Waals surface area contributed by atoms with Gasteiger partial charge in [-0.05, 0) is 36.3 Å². The number of aryl methyl sites for hydroxylation is 1. The van der Waals surface area contributed by atoms with Crippen molar-refractivity contribution in [1.29, 1.82) is 0 Å². The van der Waals surface area contributed by atoms with Crippen LogP contribution in [0.2, 0.25) is 10.0 Å². The number of benzene rings is 1. The van der Waals surface area contributed by atoms with E-state index in [2.05, 4.69) is 10.5 Å². The number of hydrogen-bond acceptors (Lipinski definition) is 8. The Kier molecular flexibility index (Phi) is 11.2. The average molecular weight is 605 g/mol. The van der Waals surface area contributed by atoms with Crippen LogP contribution in [-0.4, -0.2) is 55.3 Å². The molecule has 1 heterocycles. The number of sulfone groups is 1. The van der Waals surface area contributed by atoms with Crippen molar-refractivity contribution < 1.29 is 41.1 Å². The van der Waals surface area contributed by atoms with Gasteiger partial charge in [-0.25, -0.2) is 13.2 Å². The number of alkyl halides is 3. The van der Waals surface area contributed by atoms with Crippen molar-refractivity contribution in [3.63, 3.8) is 0 Å². The van der Waals surface area contributed by atoms with Crippen LogP contribution in [0.3, 0.4) is 0 Å². The summed E-state index contributed by atoms with van der Waals surface area (Å²) >= 11 is 11.7. The lowest BCUT2D eigenvalue weighted by Gasteiger charge is -2.15. The van der Waals surface area contributed by atoms with Crippen molar-refractivity contribution in [3.05, 3.63) is 50.4 Å². The molecule has 38 heavy (non-hydrogen) atoms. The lowest BCUT2D eigenvalue weighted by Crippen LogP contribution is -2.37. The first kappa shape index (κ1) is 32.3. The van der Waals surface area contributed by atoms with Gasteiger partial charge in [0.2, 0.25) is 21.7 Å². The van der Waals surface area contributed by atoms with Crippen molar-refractivity contribution in [3.8, 4) is 0 Å². The maximum Gasteiger partial charge on any atom is 0.490 e. The van der Waals surface area contributed by atoms with Crippen LogP contribution in [0.1, 0.15) is 5.69 Å². The summed E-state index contributed by atoms with van der Waals surface area (Å²) in [5.74, 6) is -3.60. The molecule has 0 aliphatic heterocycles. The van der Waals surface area contributed by atoms with E-state index in [1.165, 1.54) is 25.1 Å². The van der Waals surface area contributed by atoms with Crippen LogP contribution in [0.5, 0.6) is 0 Å². The minimum absolute atomic E-state index is 0.00364. The number of rotatable bonds is 8. The molecule has 2 aromatic rings. The molecule has 0 fully saturated rings. The van der Waals surface area contributed by atoms with Gasteiger partial charge in [-0.1, -0.05) is 23.2 Å². The van der Waals surface area contributed by atoms with Crippen molar-refractivity contribution in [1.82, 2.24) is 9.88 Å². The molecule has 8 N–H and O–H groups in total. The van der Waals surface area contributed by atoms with Gasteiger partial charge >= 0.3 is 12.1 Å². The Labute approximate surface area is 222 Å². The Bertz CT molecular complexity index is 1390. The Morgan fingerprint density at radius 2 is 1.76 bits per heavy atom. The largest absolute Gasteiger partial charge is 0.490 e. The van der Waals surface area contributed by atoms with Crippen molar-refractivity contribution in [2.75, 3.05) is 18.9 Å². The standard InChI is InChI=1S/C17H20Cl2N6O5S.C2HF3O2/c1-9-6-13(20)15(31(28,29)10-2-3-11(18)12(19)7-10)16(27)25(9)8-14(26)23-4-5-30-24-17(21)22;3-2(4,5)1(6)7/h2-3,6-7H,4-5,8,20H2,1H3,(H,23,26)(H4,21,22,24);(H,6,7). The Balaban J connectivity index is 0.000000905. The van der Waals surface area contributed by atoms with Crippen molar-refractivity contribution in [2.24, 2.45) is 16.6 Å². The molecule has 13 nitrogen and oxygen atoms in total. The van der Waals surface area contributed by atoms with Gasteiger partial charge in [0, 0.05) is 5.69 Å². The van der Waals surface area contributed by atoms with Crippen LogP contribution < -0.4 is 28.1 Å². The van der Waals surface area contributed by atoms with Gasteiger partial charge in [0.15, 0.2) is 4.90 Å². The van der Waals surface area contributed by atoms with Crippen molar-refractivity contribution >= 4 is 56.6 Å². The molecule has 0 radical (unpaired) electrons. The third-order valence-corrected chi connectivity index (χ3v) is 6.75. The number of nitrogens with two attached hydrogens (primary N) is 3. The second kappa shape index (κ2) is 13.2. The van der Waals surface area contributed by atoms with Gasteiger partial charge in [-0.15, -0.1) is 0 Å². The number of carboxylic acids is 1. The second-order valence-corrected chi connectivity index (χ2v) is 9.74. The molecule has 1 aromatic heterocycles. The molecule has 0 saturated carbocycles. The van der Waals surface area contributed by atoms with Crippen molar-refractivity contribution in [2.45, 2.75) is 29.4 Å². The predicted molar refractivity (Wildman–Crippen MR) is 130 cm³/mol. The van der Waals surface area contributed by atoms with E-state index in [1.807, 2.05) is 0 Å². The summed E-state index contributed by atoms with van der Waals surface area (Å²) in [5, 5.41) is 13.0. The van der Waals surface area contributed by atoms with Crippen LogP contribution in [-0.2, 0) is 30.8 Å². The monoisotopic (exact) mass is 604 g/mol. The van der Waals surface area contributed by atoms with Crippen LogP contribution in [0.15, 0.2) is 44.0 Å². The fraction of sp³-hybridized carbons (Fsp3) is 0.263. The van der Waals surface area contributed by atoms with Crippen LogP contribution in [0, 0.1) is 6.92 Å². The number of nitrogens with one attached hydrogen (secondary N) is 1. The summed E-state index contributed by atoms with van der Waals surface area (Å²) in [6.45, 7) is 1.10. The third kappa shape index (κ3) is 9.00. The highest BCUT2D eigenvalue weighted by molar-refractivity contribution is 7.91. The molecule has 0 spiro atoms. The summed E-state index contributed by atoms with van der Waals surface area (Å²) in [4.78, 5) is 37.8. The first-order valence-electron chi connectivity index (χ1n) is 9.87. The number of pyridine rings is 1. The third-order valence-electron chi connectivity index (χ3n) is 4.19. The highest BCUT2D eigenvalue weighted by atomic mass is 35.5. The number of nitrogens with zero attached hydrogens (tertiary/aromatic N) is 2. The van der Waals surface area contributed by atoms with E-state index in [0.29, 0.717) is 5.69 Å². The summed E-state index contributed by atoms with van der Waals surface area (Å²) in [5.41, 5.74) is 15.1. The number of anilines is 1. The summed E-state index contributed by atoms with van der Waals surface area (Å²) in [6, 6.07) is 4.90. The van der Waals surface area contributed by atoms with Crippen LogP contribution in [0.25, 0.3) is 0 Å². The molecule has 0 unspecified atom stereocenters. The number of oxime groups is 1. The van der Waals surface area contributed by atoms with E-state index >= 15 is 0 Å². The van der Waals surface area contributed by atoms with E-state index in [9.17, 15) is 31.2 Å². The minimum atomic E-state index is -5.08. The number of carbonyl (C=O) groups excluding carboxylic acids is 1. The highest BCUT2D eigenvalue weighted by Gasteiger charge is 2.38. The number of carboxylic acid groups (broad SMARTS) is 1. The fourth-order valence-electron chi connectivity index (χ4n) is 2.56. The topological polar surface area (TPSA) is 222 Å². The number of guanidine groups is 1. The number of aliphatic carboxylic acids is 1. The molecule has 1 amide bonds. The predicted octanol–water partition coefficient (Wildman–Crippen LogP) is 0.833. The number of nitrogen functional groups attached to an aromatic ring is 1. The maximum atomic E-state index is 13.0. The highest BCUT2D eigenvalue weighted by Crippen LogP contribution is 2.29. The molecule has 1 aromatic carbocycles. The van der Waals surface area contributed by atoms with Gasteiger partial charge in [0.05, 0.1) is 27.2 Å². The summed E-state index contributed by atoms with van der Waals surface area (Å²) in [7, 11) is -4.34. The number of amides is 1. The van der Waals surface area contributed by atoms with Crippen LogP contribution >= 0.6 is 23.2 Å². The smallest absolute Gasteiger partial charge is 0.475 e. The Morgan fingerprint density at radius 3 is 2.26 bits per heavy atom.